The molecular formula is C22H24F3N6O2+. The van der Waals surface area contributed by atoms with Crippen LogP contribution in [-0.4, -0.2) is 34.8 Å². The normalized spacial score (nSPS) is 14.8. The molecule has 0 saturated heterocycles. The maximum Gasteiger partial charge on any atom is 0.401 e. The van der Waals surface area contributed by atoms with Crippen molar-refractivity contribution >= 4 is 11.6 Å². The number of benzene rings is 1. The minimum atomic E-state index is -4.47. The van der Waals surface area contributed by atoms with Gasteiger partial charge in [0, 0.05) is 17.8 Å². The Morgan fingerprint density at radius 1 is 1.30 bits per heavy atom. The van der Waals surface area contributed by atoms with E-state index in [1.165, 1.54) is 23.8 Å². The molecule has 1 aromatic carbocycles. The highest BCUT2D eigenvalue weighted by Gasteiger charge is 2.28. The Labute approximate surface area is 188 Å². The van der Waals surface area contributed by atoms with E-state index in [9.17, 15) is 23.1 Å². The molecule has 1 atom stereocenters. The Morgan fingerprint density at radius 3 is 2.73 bits per heavy atom. The summed E-state index contributed by atoms with van der Waals surface area (Å²) in [6, 6.07) is 9.81. The SMILES string of the molecule is N[NH2+]/C(=C\Nc1ccc(C(O)NCC(F)(F)F)cc1C#Cc1ccccn1)C(=O)NC1CC1. The molecule has 33 heavy (non-hydrogen) atoms. The second-order valence-corrected chi connectivity index (χ2v) is 7.33. The molecule has 1 aliphatic carbocycles. The van der Waals surface area contributed by atoms with Crippen LogP contribution in [0.4, 0.5) is 18.9 Å². The molecule has 1 saturated carbocycles. The number of nitrogens with one attached hydrogen (secondary N) is 3. The number of halogens is 3. The van der Waals surface area contributed by atoms with E-state index in [1.807, 2.05) is 5.32 Å². The molecule has 1 heterocycles. The fraction of sp³-hybridized carbons (Fsp3) is 0.273. The van der Waals surface area contributed by atoms with E-state index < -0.39 is 18.9 Å². The third-order valence-corrected chi connectivity index (χ3v) is 4.58. The summed E-state index contributed by atoms with van der Waals surface area (Å²) < 4.78 is 37.4. The lowest BCUT2D eigenvalue weighted by molar-refractivity contribution is -0.613. The molecule has 1 unspecified atom stereocenters. The number of hydrogen-bond acceptors (Lipinski definition) is 6. The molecule has 0 bridgehead atoms. The first-order valence-electron chi connectivity index (χ1n) is 10.1. The molecule has 1 aromatic heterocycles. The van der Waals surface area contributed by atoms with Gasteiger partial charge in [-0.15, -0.1) is 0 Å². The molecule has 1 amide bonds. The molecule has 8 N–H and O–H groups in total. The van der Waals surface area contributed by atoms with E-state index >= 15 is 0 Å². The number of carbonyl (C=O) groups is 1. The zero-order valence-electron chi connectivity index (χ0n) is 17.5. The number of rotatable bonds is 8. The number of quaternary nitrogens is 1. The van der Waals surface area contributed by atoms with Crippen LogP contribution in [0.1, 0.15) is 35.9 Å². The number of anilines is 1. The van der Waals surface area contributed by atoms with Crippen molar-refractivity contribution < 1.29 is 28.5 Å². The van der Waals surface area contributed by atoms with Gasteiger partial charge in [0.05, 0.1) is 18.4 Å². The van der Waals surface area contributed by atoms with E-state index in [1.54, 1.807) is 30.5 Å². The van der Waals surface area contributed by atoms with Gasteiger partial charge >= 0.3 is 12.1 Å². The highest BCUT2D eigenvalue weighted by Crippen LogP contribution is 2.22. The summed E-state index contributed by atoms with van der Waals surface area (Å²) in [5.41, 5.74) is 2.89. The third-order valence-electron chi connectivity index (χ3n) is 4.58. The van der Waals surface area contributed by atoms with Gasteiger partial charge in [0.2, 0.25) is 5.70 Å². The largest absolute Gasteiger partial charge is 0.401 e. The van der Waals surface area contributed by atoms with Crippen molar-refractivity contribution in [3.8, 4) is 11.8 Å². The minimum Gasteiger partial charge on any atom is -0.374 e. The summed E-state index contributed by atoms with van der Waals surface area (Å²) in [4.78, 5) is 16.4. The fourth-order valence-corrected chi connectivity index (χ4v) is 2.70. The number of carbonyl (C=O) groups excluding carboxylic acids is 1. The fourth-order valence-electron chi connectivity index (χ4n) is 2.70. The average Bonchev–Trinajstić information content (AvgIpc) is 3.61. The van der Waals surface area contributed by atoms with Crippen LogP contribution in [0.2, 0.25) is 0 Å². The first-order chi connectivity index (χ1) is 15.7. The Kier molecular flexibility index (Phi) is 8.02. The molecule has 8 nitrogen and oxygen atoms in total. The summed E-state index contributed by atoms with van der Waals surface area (Å²) in [6.07, 6.45) is -1.17. The van der Waals surface area contributed by atoms with E-state index in [2.05, 4.69) is 27.5 Å². The Balaban J connectivity index is 1.85. The summed E-state index contributed by atoms with van der Waals surface area (Å²) in [5.74, 6) is 11.0. The van der Waals surface area contributed by atoms with Gasteiger partial charge in [-0.25, -0.2) is 10.4 Å². The van der Waals surface area contributed by atoms with E-state index in [-0.39, 0.29) is 23.2 Å². The van der Waals surface area contributed by atoms with Crippen molar-refractivity contribution in [3.05, 3.63) is 71.3 Å². The summed E-state index contributed by atoms with van der Waals surface area (Å²) in [7, 11) is 0. The van der Waals surface area contributed by atoms with Crippen molar-refractivity contribution in [2.75, 3.05) is 11.9 Å². The number of aliphatic hydroxyl groups is 1. The number of hydrogen-bond donors (Lipinski definition) is 6. The molecule has 1 fully saturated rings. The van der Waals surface area contributed by atoms with Crippen LogP contribution in [0.5, 0.6) is 0 Å². The van der Waals surface area contributed by atoms with Gasteiger partial charge in [-0.05, 0) is 48.6 Å². The Bertz CT molecular complexity index is 1060. The second-order valence-electron chi connectivity index (χ2n) is 7.33. The van der Waals surface area contributed by atoms with Crippen LogP contribution in [0, 0.1) is 11.8 Å². The molecule has 3 rings (SSSR count). The van der Waals surface area contributed by atoms with Crippen molar-refractivity contribution in [2.45, 2.75) is 31.3 Å². The van der Waals surface area contributed by atoms with Crippen LogP contribution in [0.25, 0.3) is 0 Å². The Morgan fingerprint density at radius 2 is 2.09 bits per heavy atom. The van der Waals surface area contributed by atoms with Gasteiger partial charge < -0.3 is 15.7 Å². The topological polar surface area (TPSA) is 129 Å². The van der Waals surface area contributed by atoms with Crippen LogP contribution in [-0.2, 0) is 4.79 Å². The molecule has 0 spiro atoms. The lowest BCUT2D eigenvalue weighted by Gasteiger charge is -2.16. The molecule has 174 valence electrons. The number of nitrogens with zero attached hydrogens (tertiary/aromatic N) is 1. The lowest BCUT2D eigenvalue weighted by atomic mass is 10.1. The summed E-state index contributed by atoms with van der Waals surface area (Å²) >= 11 is 0. The predicted molar refractivity (Wildman–Crippen MR) is 115 cm³/mol. The van der Waals surface area contributed by atoms with E-state index in [0.717, 1.165) is 12.8 Å². The first-order valence-corrected chi connectivity index (χ1v) is 10.1. The zero-order chi connectivity index (χ0) is 23.8. The molecule has 0 radical (unpaired) electrons. The number of amides is 1. The minimum absolute atomic E-state index is 0.158. The smallest absolute Gasteiger partial charge is 0.374 e. The Hall–Kier alpha value is -3.43. The van der Waals surface area contributed by atoms with Crippen molar-refractivity contribution in [1.82, 2.24) is 15.6 Å². The number of alkyl halides is 3. The standard InChI is InChI=1S/C22H23F3N6O2/c23-22(24,25)13-29-20(32)15-5-9-18(14(11-15)4-6-16-3-1-2-10-27-16)28-12-19(31-26)21(33)30-17-7-8-17/h1-3,5,9-12,17,20,28-29,31-32H,7-8,13,26H2,(H,30,33)/p+1/b19-12-. The van der Waals surface area contributed by atoms with E-state index in [0.29, 0.717) is 16.9 Å². The number of aliphatic hydroxyl groups excluding tert-OH is 1. The first kappa shape index (κ1) is 24.2. The molecule has 11 heteroatoms. The lowest BCUT2D eigenvalue weighted by Crippen LogP contribution is -2.91. The van der Waals surface area contributed by atoms with Gasteiger partial charge in [0.1, 0.15) is 11.9 Å². The van der Waals surface area contributed by atoms with Gasteiger partial charge in [-0.2, -0.15) is 19.0 Å². The monoisotopic (exact) mass is 461 g/mol. The van der Waals surface area contributed by atoms with Gasteiger partial charge in [0.15, 0.2) is 0 Å². The van der Waals surface area contributed by atoms with Crippen LogP contribution in [0.3, 0.4) is 0 Å². The molecule has 2 aromatic rings. The highest BCUT2D eigenvalue weighted by molar-refractivity contribution is 5.91. The van der Waals surface area contributed by atoms with Crippen molar-refractivity contribution in [3.63, 3.8) is 0 Å². The molecular weight excluding hydrogens is 437 g/mol. The average molecular weight is 461 g/mol. The van der Waals surface area contributed by atoms with Crippen molar-refractivity contribution in [1.29, 1.82) is 0 Å². The summed E-state index contributed by atoms with van der Waals surface area (Å²) in [6.45, 7) is -1.35. The van der Waals surface area contributed by atoms with Crippen LogP contribution < -0.4 is 27.2 Å². The van der Waals surface area contributed by atoms with Crippen molar-refractivity contribution in [2.24, 2.45) is 5.84 Å². The van der Waals surface area contributed by atoms with Gasteiger partial charge in [0.25, 0.3) is 0 Å². The number of pyridine rings is 1. The molecule has 1 aliphatic rings. The zero-order valence-corrected chi connectivity index (χ0v) is 17.5. The predicted octanol–water partition coefficient (Wildman–Crippen LogP) is 0.593. The summed E-state index contributed by atoms with van der Waals surface area (Å²) in [5, 5.41) is 17.9. The van der Waals surface area contributed by atoms with Gasteiger partial charge in [-0.1, -0.05) is 18.1 Å². The van der Waals surface area contributed by atoms with Crippen LogP contribution >= 0.6 is 0 Å². The maximum atomic E-state index is 12.5. The van der Waals surface area contributed by atoms with Crippen LogP contribution in [0.15, 0.2) is 54.5 Å². The molecule has 0 aliphatic heterocycles. The van der Waals surface area contributed by atoms with E-state index in [4.69, 9.17) is 5.84 Å². The third kappa shape index (κ3) is 7.89. The van der Waals surface area contributed by atoms with Gasteiger partial charge in [-0.3, -0.25) is 10.1 Å². The number of nitrogens with two attached hydrogens (primary N) is 2. The number of aromatic nitrogens is 1. The quantitative estimate of drug-likeness (QED) is 0.112. The maximum absolute atomic E-state index is 12.5. The highest BCUT2D eigenvalue weighted by atomic mass is 19.4. The second kappa shape index (κ2) is 10.9.